The molecule has 1 aliphatic heterocycles. The van der Waals surface area contributed by atoms with Crippen molar-refractivity contribution in [3.63, 3.8) is 0 Å². The first-order chi connectivity index (χ1) is 15.7. The van der Waals surface area contributed by atoms with E-state index < -0.39 is 0 Å². The van der Waals surface area contributed by atoms with Gasteiger partial charge in [0.1, 0.15) is 5.69 Å². The molecule has 33 heavy (non-hydrogen) atoms. The highest BCUT2D eigenvalue weighted by atomic mass is 32.1. The van der Waals surface area contributed by atoms with Gasteiger partial charge in [0.15, 0.2) is 5.78 Å². The van der Waals surface area contributed by atoms with E-state index >= 15 is 0 Å². The summed E-state index contributed by atoms with van der Waals surface area (Å²) in [6, 6.07) is 12.2. The van der Waals surface area contributed by atoms with Crippen LogP contribution in [-0.2, 0) is 11.8 Å². The summed E-state index contributed by atoms with van der Waals surface area (Å²) in [6.07, 6.45) is 3.17. The van der Waals surface area contributed by atoms with Crippen LogP contribution in [0.1, 0.15) is 70.8 Å². The Morgan fingerprint density at radius 2 is 1.76 bits per heavy atom. The van der Waals surface area contributed by atoms with E-state index in [1.54, 1.807) is 11.3 Å². The fourth-order valence-electron chi connectivity index (χ4n) is 5.17. The Kier molecular flexibility index (Phi) is 5.31. The smallest absolute Gasteiger partial charge is 0.255 e. The number of carbonyl (C=O) groups excluding carboxylic acids is 2. The van der Waals surface area contributed by atoms with Gasteiger partial charge in [0.25, 0.3) is 5.91 Å². The minimum absolute atomic E-state index is 0.0439. The molecular formula is C27H31N3O2S. The number of hydrogen-bond donors (Lipinski definition) is 1. The fraction of sp³-hybridized carbons (Fsp3) is 0.444. The second-order valence-electron chi connectivity index (χ2n) is 10.6. The first-order valence-electron chi connectivity index (χ1n) is 11.7. The van der Waals surface area contributed by atoms with Crippen molar-refractivity contribution in [3.8, 4) is 0 Å². The van der Waals surface area contributed by atoms with Gasteiger partial charge in [-0.05, 0) is 47.6 Å². The number of thiazole rings is 1. The maximum absolute atomic E-state index is 13.5. The van der Waals surface area contributed by atoms with Crippen LogP contribution in [-0.4, -0.2) is 41.7 Å². The maximum Gasteiger partial charge on any atom is 0.255 e. The number of hydrogen-bond acceptors (Lipinski definition) is 5. The molecule has 5 rings (SSSR count). The number of anilines is 1. The zero-order valence-corrected chi connectivity index (χ0v) is 20.6. The zero-order valence-electron chi connectivity index (χ0n) is 19.8. The molecule has 172 valence electrons. The molecule has 0 radical (unpaired) electrons. The van der Waals surface area contributed by atoms with E-state index in [1.165, 1.54) is 0 Å². The Hall–Kier alpha value is -2.73. The van der Waals surface area contributed by atoms with Gasteiger partial charge in [0.05, 0.1) is 10.6 Å². The molecule has 0 unspecified atom stereocenters. The van der Waals surface area contributed by atoms with Gasteiger partial charge in [0, 0.05) is 42.5 Å². The average molecular weight is 462 g/mol. The van der Waals surface area contributed by atoms with E-state index in [9.17, 15) is 9.59 Å². The molecule has 1 saturated heterocycles. The van der Waals surface area contributed by atoms with Gasteiger partial charge in [-0.25, -0.2) is 4.98 Å². The molecule has 0 atom stereocenters. The SMILES string of the molecule is CNc1cc2ccccc2cc1C(=O)N1CCC2(CC1)CC(=O)c1nc(C(C)(C)C)sc1C2. The summed E-state index contributed by atoms with van der Waals surface area (Å²) in [5, 5.41) is 6.43. The van der Waals surface area contributed by atoms with Crippen molar-refractivity contribution in [2.75, 3.05) is 25.5 Å². The predicted octanol–water partition coefficient (Wildman–Crippen LogP) is 5.69. The summed E-state index contributed by atoms with van der Waals surface area (Å²) in [7, 11) is 1.86. The summed E-state index contributed by atoms with van der Waals surface area (Å²) >= 11 is 1.70. The minimum atomic E-state index is -0.0455. The number of ketones is 1. The van der Waals surface area contributed by atoms with Gasteiger partial charge in [-0.1, -0.05) is 45.0 Å². The van der Waals surface area contributed by atoms with Crippen molar-refractivity contribution in [1.29, 1.82) is 0 Å². The summed E-state index contributed by atoms with van der Waals surface area (Å²) in [5.74, 6) is 0.241. The third-order valence-electron chi connectivity index (χ3n) is 7.17. The van der Waals surface area contributed by atoms with Crippen LogP contribution >= 0.6 is 11.3 Å². The van der Waals surface area contributed by atoms with Crippen molar-refractivity contribution in [2.24, 2.45) is 5.41 Å². The molecule has 1 spiro atoms. The first kappa shape index (κ1) is 22.1. The molecule has 6 heteroatoms. The Morgan fingerprint density at radius 3 is 2.39 bits per heavy atom. The highest BCUT2D eigenvalue weighted by molar-refractivity contribution is 7.12. The van der Waals surface area contributed by atoms with E-state index in [0.29, 0.717) is 30.8 Å². The lowest BCUT2D eigenvalue weighted by Crippen LogP contribution is -2.46. The lowest BCUT2D eigenvalue weighted by atomic mass is 9.68. The number of carbonyl (C=O) groups is 2. The molecule has 0 bridgehead atoms. The monoisotopic (exact) mass is 461 g/mol. The van der Waals surface area contributed by atoms with Crippen LogP contribution in [0, 0.1) is 5.41 Å². The van der Waals surface area contributed by atoms with Crippen molar-refractivity contribution >= 4 is 39.5 Å². The molecule has 5 nitrogen and oxygen atoms in total. The van der Waals surface area contributed by atoms with Gasteiger partial charge in [-0.15, -0.1) is 11.3 Å². The van der Waals surface area contributed by atoms with Crippen molar-refractivity contribution in [3.05, 3.63) is 57.5 Å². The largest absolute Gasteiger partial charge is 0.387 e. The normalized spacial score (nSPS) is 17.9. The highest BCUT2D eigenvalue weighted by Gasteiger charge is 2.44. The van der Waals surface area contributed by atoms with Gasteiger partial charge >= 0.3 is 0 Å². The molecule has 1 aromatic heterocycles. The van der Waals surface area contributed by atoms with Gasteiger partial charge in [0.2, 0.25) is 0 Å². The predicted molar refractivity (Wildman–Crippen MR) is 135 cm³/mol. The standard InChI is InChI=1S/C27H31N3O2S/c1-26(2,3)25-29-23-21(31)15-27(16-22(23)33-25)9-11-30(12-10-27)24(32)19-13-17-7-5-6-8-18(17)14-20(19)28-4/h5-8,13-14,28H,9-12,15-16H2,1-4H3. The van der Waals surface area contributed by atoms with Gasteiger partial charge in [-0.3, -0.25) is 9.59 Å². The molecule has 1 amide bonds. The number of piperidine rings is 1. The van der Waals surface area contributed by atoms with Gasteiger partial charge < -0.3 is 10.2 Å². The third-order valence-corrected chi connectivity index (χ3v) is 8.65. The second-order valence-corrected chi connectivity index (χ2v) is 11.7. The highest BCUT2D eigenvalue weighted by Crippen LogP contribution is 2.46. The molecule has 0 saturated carbocycles. The molecule has 2 aliphatic rings. The maximum atomic E-state index is 13.5. The number of nitrogens with zero attached hydrogens (tertiary/aromatic N) is 2. The molecule has 2 aromatic carbocycles. The number of rotatable bonds is 2. The van der Waals surface area contributed by atoms with Crippen LogP contribution in [0.15, 0.2) is 36.4 Å². The van der Waals surface area contributed by atoms with Crippen molar-refractivity contribution in [2.45, 2.75) is 51.9 Å². The summed E-state index contributed by atoms with van der Waals surface area (Å²) in [5.41, 5.74) is 2.18. The second kappa shape index (κ2) is 7.94. The molecule has 3 aromatic rings. The topological polar surface area (TPSA) is 62.3 Å². The molecule has 1 aliphatic carbocycles. The van der Waals surface area contributed by atoms with Crippen LogP contribution < -0.4 is 5.32 Å². The Labute approximate surface area is 199 Å². The fourth-order valence-corrected chi connectivity index (χ4v) is 6.48. The number of nitrogens with one attached hydrogen (secondary N) is 1. The molecule has 1 fully saturated rings. The van der Waals surface area contributed by atoms with E-state index in [2.05, 4.69) is 32.2 Å². The summed E-state index contributed by atoms with van der Waals surface area (Å²) in [4.78, 5) is 34.3. The molecule has 2 heterocycles. The third kappa shape index (κ3) is 3.95. The quantitative estimate of drug-likeness (QED) is 0.533. The number of fused-ring (bicyclic) bond motifs is 2. The van der Waals surface area contributed by atoms with E-state index in [-0.39, 0.29) is 22.5 Å². The van der Waals surface area contributed by atoms with Gasteiger partial charge in [-0.2, -0.15) is 0 Å². The zero-order chi connectivity index (χ0) is 23.4. The van der Waals surface area contributed by atoms with Crippen LogP contribution in [0.2, 0.25) is 0 Å². The number of benzene rings is 2. The molecule has 1 N–H and O–H groups in total. The summed E-state index contributed by atoms with van der Waals surface area (Å²) < 4.78 is 0. The van der Waals surface area contributed by atoms with E-state index in [1.807, 2.05) is 42.3 Å². The van der Waals surface area contributed by atoms with Crippen LogP contribution in [0.5, 0.6) is 0 Å². The van der Waals surface area contributed by atoms with E-state index in [0.717, 1.165) is 45.6 Å². The number of aromatic nitrogens is 1. The van der Waals surface area contributed by atoms with Crippen LogP contribution in [0.4, 0.5) is 5.69 Å². The Bertz CT molecular complexity index is 1250. The lowest BCUT2D eigenvalue weighted by Gasteiger charge is -2.43. The number of amides is 1. The molecular weight excluding hydrogens is 430 g/mol. The van der Waals surface area contributed by atoms with Crippen LogP contribution in [0.25, 0.3) is 10.8 Å². The van der Waals surface area contributed by atoms with Crippen LogP contribution in [0.3, 0.4) is 0 Å². The van der Waals surface area contributed by atoms with Crippen molar-refractivity contribution < 1.29 is 9.59 Å². The lowest BCUT2D eigenvalue weighted by molar-refractivity contribution is 0.0523. The first-order valence-corrected chi connectivity index (χ1v) is 12.5. The Morgan fingerprint density at radius 1 is 1.09 bits per heavy atom. The Balaban J connectivity index is 1.35. The summed E-state index contributed by atoms with van der Waals surface area (Å²) in [6.45, 7) is 7.81. The number of Topliss-reactive ketones (excluding diaryl/α,β-unsaturated/α-hetero) is 1. The van der Waals surface area contributed by atoms with E-state index in [4.69, 9.17) is 4.98 Å². The van der Waals surface area contributed by atoms with Crippen molar-refractivity contribution in [1.82, 2.24) is 9.88 Å². The minimum Gasteiger partial charge on any atom is -0.387 e. The number of likely N-dealkylation sites (tertiary alicyclic amines) is 1. The average Bonchev–Trinajstić information content (AvgIpc) is 3.23.